The Hall–Kier alpha value is -1.91. The topological polar surface area (TPSA) is 46.6 Å². The zero-order valence-corrected chi connectivity index (χ0v) is 14.7. The predicted molar refractivity (Wildman–Crippen MR) is 89.8 cm³/mol. The summed E-state index contributed by atoms with van der Waals surface area (Å²) in [4.78, 5) is 26.9. The van der Waals surface area contributed by atoms with Crippen molar-refractivity contribution in [3.8, 4) is 0 Å². The Kier molecular flexibility index (Phi) is 5.97. The van der Waals surface area contributed by atoms with E-state index in [1.165, 1.54) is 12.1 Å². The van der Waals surface area contributed by atoms with Gasteiger partial charge in [0.2, 0.25) is 5.91 Å². The summed E-state index contributed by atoms with van der Waals surface area (Å²) >= 11 is 0. The summed E-state index contributed by atoms with van der Waals surface area (Å²) in [6.45, 7) is 6.85. The van der Waals surface area contributed by atoms with Crippen LogP contribution in [-0.4, -0.2) is 36.5 Å². The molecule has 0 saturated carbocycles. The smallest absolute Gasteiger partial charge is 0.314 e. The van der Waals surface area contributed by atoms with Crippen LogP contribution in [-0.2, 0) is 20.7 Å². The fourth-order valence-corrected chi connectivity index (χ4v) is 3.35. The van der Waals surface area contributed by atoms with E-state index in [0.717, 1.165) is 12.0 Å². The maximum Gasteiger partial charge on any atom is 0.314 e. The standard InChI is InChI=1S/C19H26FNO3/c1-4-24-18(23)19(12-15-6-8-16(20)9-7-15)10-5-11-21(13-19)17(22)14(2)3/h6-9,14H,4-5,10-13H2,1-3H3/t19-/m0/s1. The van der Waals surface area contributed by atoms with Crippen LogP contribution in [0.3, 0.4) is 0 Å². The van der Waals surface area contributed by atoms with Crippen LogP contribution in [0.25, 0.3) is 0 Å². The summed E-state index contributed by atoms with van der Waals surface area (Å²) in [5.74, 6) is -0.615. The van der Waals surface area contributed by atoms with Gasteiger partial charge in [-0.05, 0) is 43.9 Å². The molecule has 132 valence electrons. The van der Waals surface area contributed by atoms with Crippen molar-refractivity contribution in [3.05, 3.63) is 35.6 Å². The first-order valence-corrected chi connectivity index (χ1v) is 8.58. The lowest BCUT2D eigenvalue weighted by Crippen LogP contribution is -2.52. The number of carbonyl (C=O) groups excluding carboxylic acids is 2. The minimum absolute atomic E-state index is 0.0579. The van der Waals surface area contributed by atoms with Gasteiger partial charge in [-0.25, -0.2) is 4.39 Å². The Morgan fingerprint density at radius 2 is 1.96 bits per heavy atom. The molecule has 2 rings (SSSR count). The molecule has 0 N–H and O–H groups in total. The summed E-state index contributed by atoms with van der Waals surface area (Å²) in [5, 5.41) is 0. The maximum absolute atomic E-state index is 13.2. The first-order valence-electron chi connectivity index (χ1n) is 8.58. The number of rotatable bonds is 5. The Morgan fingerprint density at radius 3 is 2.54 bits per heavy atom. The molecule has 0 aromatic heterocycles. The lowest BCUT2D eigenvalue weighted by atomic mass is 9.75. The van der Waals surface area contributed by atoms with Crippen LogP contribution in [0.1, 0.15) is 39.2 Å². The Labute approximate surface area is 143 Å². The van der Waals surface area contributed by atoms with Gasteiger partial charge in [0.1, 0.15) is 5.82 Å². The van der Waals surface area contributed by atoms with E-state index in [2.05, 4.69) is 0 Å². The normalized spacial score (nSPS) is 21.0. The van der Waals surface area contributed by atoms with Gasteiger partial charge in [0, 0.05) is 19.0 Å². The first kappa shape index (κ1) is 18.4. The van der Waals surface area contributed by atoms with Crippen molar-refractivity contribution in [2.24, 2.45) is 11.3 Å². The van der Waals surface area contributed by atoms with E-state index in [1.54, 1.807) is 24.0 Å². The molecule has 1 aromatic rings. The fourth-order valence-electron chi connectivity index (χ4n) is 3.35. The quantitative estimate of drug-likeness (QED) is 0.776. The molecule has 24 heavy (non-hydrogen) atoms. The number of piperidine rings is 1. The summed E-state index contributed by atoms with van der Waals surface area (Å²) in [5.41, 5.74) is 0.125. The molecule has 0 bridgehead atoms. The molecular weight excluding hydrogens is 309 g/mol. The Bertz CT molecular complexity index is 585. The molecule has 4 nitrogen and oxygen atoms in total. The van der Waals surface area contributed by atoms with Crippen molar-refractivity contribution < 1.29 is 18.7 Å². The van der Waals surface area contributed by atoms with Gasteiger partial charge in [0.15, 0.2) is 0 Å². The minimum Gasteiger partial charge on any atom is -0.466 e. The number of likely N-dealkylation sites (tertiary alicyclic amines) is 1. The highest BCUT2D eigenvalue weighted by atomic mass is 19.1. The monoisotopic (exact) mass is 335 g/mol. The third-order valence-electron chi connectivity index (χ3n) is 4.55. The van der Waals surface area contributed by atoms with Crippen molar-refractivity contribution in [2.45, 2.75) is 40.0 Å². The first-order chi connectivity index (χ1) is 11.4. The van der Waals surface area contributed by atoms with Crippen LogP contribution in [0.4, 0.5) is 4.39 Å². The molecule has 1 aliphatic heterocycles. The largest absolute Gasteiger partial charge is 0.466 e. The Morgan fingerprint density at radius 1 is 1.29 bits per heavy atom. The summed E-state index contributed by atoms with van der Waals surface area (Å²) < 4.78 is 18.5. The molecular formula is C19H26FNO3. The molecule has 1 aliphatic rings. The molecule has 1 fully saturated rings. The van der Waals surface area contributed by atoms with Gasteiger partial charge in [-0.15, -0.1) is 0 Å². The van der Waals surface area contributed by atoms with Crippen LogP contribution in [0.5, 0.6) is 0 Å². The Balaban J connectivity index is 2.27. The number of hydrogen-bond acceptors (Lipinski definition) is 3. The van der Waals surface area contributed by atoms with Gasteiger partial charge in [0.05, 0.1) is 12.0 Å². The molecule has 1 aromatic carbocycles. The molecule has 1 saturated heterocycles. The molecule has 0 unspecified atom stereocenters. The van der Waals surface area contributed by atoms with Gasteiger partial charge < -0.3 is 9.64 Å². The highest BCUT2D eigenvalue weighted by molar-refractivity contribution is 5.82. The summed E-state index contributed by atoms with van der Waals surface area (Å²) in [6.07, 6.45) is 1.89. The molecule has 0 aliphatic carbocycles. The highest BCUT2D eigenvalue weighted by Gasteiger charge is 2.45. The zero-order chi connectivity index (χ0) is 17.7. The summed E-state index contributed by atoms with van der Waals surface area (Å²) in [6, 6.07) is 6.18. The fraction of sp³-hybridized carbons (Fsp3) is 0.579. The third-order valence-corrected chi connectivity index (χ3v) is 4.55. The second-order valence-electron chi connectivity index (χ2n) is 6.82. The highest BCUT2D eigenvalue weighted by Crippen LogP contribution is 2.36. The molecule has 1 amide bonds. The number of hydrogen-bond donors (Lipinski definition) is 0. The van der Waals surface area contributed by atoms with E-state index < -0.39 is 5.41 Å². The van der Waals surface area contributed by atoms with Crippen LogP contribution >= 0.6 is 0 Å². The zero-order valence-electron chi connectivity index (χ0n) is 14.7. The van der Waals surface area contributed by atoms with Crippen LogP contribution in [0.2, 0.25) is 0 Å². The van der Waals surface area contributed by atoms with Crippen molar-refractivity contribution in [1.82, 2.24) is 4.90 Å². The number of carbonyl (C=O) groups is 2. The van der Waals surface area contributed by atoms with Crippen molar-refractivity contribution in [1.29, 1.82) is 0 Å². The molecule has 1 heterocycles. The lowest BCUT2D eigenvalue weighted by Gasteiger charge is -2.41. The van der Waals surface area contributed by atoms with Crippen molar-refractivity contribution >= 4 is 11.9 Å². The number of amides is 1. The van der Waals surface area contributed by atoms with Gasteiger partial charge >= 0.3 is 5.97 Å². The molecule has 0 spiro atoms. The predicted octanol–water partition coefficient (Wildman–Crippen LogP) is 3.20. The van der Waals surface area contributed by atoms with E-state index in [4.69, 9.17) is 4.74 Å². The third kappa shape index (κ3) is 4.13. The number of halogens is 1. The van der Waals surface area contributed by atoms with Gasteiger partial charge in [-0.1, -0.05) is 26.0 Å². The maximum atomic E-state index is 13.2. The average molecular weight is 335 g/mol. The number of nitrogens with zero attached hydrogens (tertiary/aromatic N) is 1. The summed E-state index contributed by atoms with van der Waals surface area (Å²) in [7, 11) is 0. The van der Waals surface area contributed by atoms with Crippen molar-refractivity contribution in [3.63, 3.8) is 0 Å². The second kappa shape index (κ2) is 7.77. The SMILES string of the molecule is CCOC(=O)[C@]1(Cc2ccc(F)cc2)CCCN(C(=O)C(C)C)C1. The van der Waals surface area contributed by atoms with Crippen LogP contribution in [0.15, 0.2) is 24.3 Å². The van der Waals surface area contributed by atoms with E-state index in [0.29, 0.717) is 32.5 Å². The average Bonchev–Trinajstić information content (AvgIpc) is 2.56. The van der Waals surface area contributed by atoms with Crippen molar-refractivity contribution in [2.75, 3.05) is 19.7 Å². The lowest BCUT2D eigenvalue weighted by molar-refractivity contribution is -0.161. The van der Waals surface area contributed by atoms with Gasteiger partial charge in [0.25, 0.3) is 0 Å². The molecule has 1 atom stereocenters. The van der Waals surface area contributed by atoms with E-state index in [9.17, 15) is 14.0 Å². The minimum atomic E-state index is -0.753. The van der Waals surface area contributed by atoms with E-state index >= 15 is 0 Å². The van der Waals surface area contributed by atoms with Gasteiger partial charge in [-0.3, -0.25) is 9.59 Å². The number of esters is 1. The van der Waals surface area contributed by atoms with Gasteiger partial charge in [-0.2, -0.15) is 0 Å². The van der Waals surface area contributed by atoms with E-state index in [-0.39, 0.29) is 23.6 Å². The van der Waals surface area contributed by atoms with Crippen LogP contribution < -0.4 is 0 Å². The second-order valence-corrected chi connectivity index (χ2v) is 6.82. The number of benzene rings is 1. The van der Waals surface area contributed by atoms with Crippen LogP contribution in [0, 0.1) is 17.2 Å². The number of ether oxygens (including phenoxy) is 1. The molecule has 0 radical (unpaired) electrons. The molecule has 5 heteroatoms. The van der Waals surface area contributed by atoms with E-state index in [1.807, 2.05) is 13.8 Å².